The van der Waals surface area contributed by atoms with Crippen LogP contribution in [0.15, 0.2) is 76.7 Å². The average molecular weight is 574 g/mol. The summed E-state index contributed by atoms with van der Waals surface area (Å²) in [5, 5.41) is 11.4. The highest BCUT2D eigenvalue weighted by Gasteiger charge is 2.28. The van der Waals surface area contributed by atoms with Crippen LogP contribution in [0.4, 0.5) is 5.69 Å². The number of aryl methyl sites for hydroxylation is 1. The summed E-state index contributed by atoms with van der Waals surface area (Å²) in [7, 11) is 1.70. The van der Waals surface area contributed by atoms with Crippen LogP contribution < -0.4 is 10.6 Å². The first kappa shape index (κ1) is 29.5. The number of hydrazine groups is 1. The Morgan fingerprint density at radius 2 is 2.15 bits per heavy atom. The highest BCUT2D eigenvalue weighted by atomic mass is 35.5. The van der Waals surface area contributed by atoms with Crippen LogP contribution in [-0.2, 0) is 11.2 Å². The van der Waals surface area contributed by atoms with Crippen LogP contribution in [0.1, 0.15) is 49.9 Å². The number of pyridine rings is 1. The molecule has 0 bridgehead atoms. The summed E-state index contributed by atoms with van der Waals surface area (Å²) in [6.07, 6.45) is 10.6. The summed E-state index contributed by atoms with van der Waals surface area (Å²) in [6, 6.07) is 9.01. The minimum atomic E-state index is -0.975. The third kappa shape index (κ3) is 6.47. The first-order chi connectivity index (χ1) is 19.6. The van der Waals surface area contributed by atoms with E-state index in [4.69, 9.17) is 16.7 Å². The second kappa shape index (κ2) is 12.8. The Bertz CT molecular complexity index is 1650. The summed E-state index contributed by atoms with van der Waals surface area (Å²) >= 11 is 6.42. The normalized spacial score (nSPS) is 15.0. The highest BCUT2D eigenvalue weighted by Crippen LogP contribution is 2.36. The fourth-order valence-electron chi connectivity index (χ4n) is 4.85. The van der Waals surface area contributed by atoms with E-state index >= 15 is 0 Å². The van der Waals surface area contributed by atoms with Gasteiger partial charge >= 0.3 is 5.97 Å². The molecule has 0 saturated carbocycles. The van der Waals surface area contributed by atoms with Gasteiger partial charge in [-0.05, 0) is 55.2 Å². The van der Waals surface area contributed by atoms with Crippen molar-refractivity contribution in [2.24, 2.45) is 4.99 Å². The van der Waals surface area contributed by atoms with Crippen LogP contribution in [0.25, 0.3) is 16.7 Å². The van der Waals surface area contributed by atoms with Crippen LogP contribution in [0.2, 0.25) is 5.02 Å². The number of anilines is 1. The molecule has 1 aliphatic rings. The Morgan fingerprint density at radius 3 is 2.85 bits per heavy atom. The van der Waals surface area contributed by atoms with E-state index < -0.39 is 5.97 Å². The molecule has 4 rings (SSSR count). The molecule has 0 saturated heterocycles. The molecule has 0 spiro atoms. The summed E-state index contributed by atoms with van der Waals surface area (Å²) in [5.74, 6) is -0.307. The number of fused-ring (bicyclic) bond motifs is 1. The number of nitrogens with one attached hydrogen (secondary N) is 1. The van der Waals surface area contributed by atoms with Crippen molar-refractivity contribution in [2.75, 3.05) is 18.6 Å². The summed E-state index contributed by atoms with van der Waals surface area (Å²) in [5.41, 5.74) is 4.73. The number of hydrogen-bond acceptors (Lipinski definition) is 4. The van der Waals surface area contributed by atoms with E-state index in [0.717, 1.165) is 28.9 Å². The monoisotopic (exact) mass is 573 g/mol. The van der Waals surface area contributed by atoms with Gasteiger partial charge in [0, 0.05) is 41.4 Å². The van der Waals surface area contributed by atoms with Crippen molar-refractivity contribution in [3.05, 3.63) is 99.5 Å². The number of hydrogen-bond donors (Lipinski definition) is 2. The SMILES string of the molecule is C=C(C=CC=C(C)C(=O)O)c1cnc(C2CCc3cc(-c4cc(Cl)ccc4N(C=NC)[N+](=C)CCC)cc(=O)n32)[nH]1. The van der Waals surface area contributed by atoms with Crippen LogP contribution in [0.3, 0.4) is 0 Å². The molecule has 3 aromatic rings. The molecule has 0 aliphatic carbocycles. The molecule has 2 aromatic heterocycles. The second-order valence-electron chi connectivity index (χ2n) is 9.83. The quantitative estimate of drug-likeness (QED) is 0.0783. The van der Waals surface area contributed by atoms with Crippen molar-refractivity contribution in [1.29, 1.82) is 0 Å². The van der Waals surface area contributed by atoms with E-state index in [2.05, 4.69) is 35.2 Å². The summed E-state index contributed by atoms with van der Waals surface area (Å²) in [4.78, 5) is 36.6. The molecule has 1 atom stereocenters. The maximum Gasteiger partial charge on any atom is 0.331 e. The number of aromatic amines is 1. The van der Waals surface area contributed by atoms with E-state index in [0.29, 0.717) is 41.5 Å². The van der Waals surface area contributed by atoms with Gasteiger partial charge in [-0.1, -0.05) is 43.3 Å². The van der Waals surface area contributed by atoms with Crippen molar-refractivity contribution >= 4 is 41.9 Å². The van der Waals surface area contributed by atoms with E-state index in [9.17, 15) is 9.59 Å². The molecule has 2 N–H and O–H groups in total. The average Bonchev–Trinajstić information content (AvgIpc) is 3.59. The van der Waals surface area contributed by atoms with Crippen molar-refractivity contribution < 1.29 is 14.6 Å². The lowest BCUT2D eigenvalue weighted by Gasteiger charge is -2.20. The zero-order valence-corrected chi connectivity index (χ0v) is 24.2. The molecule has 1 aliphatic heterocycles. The van der Waals surface area contributed by atoms with Gasteiger partial charge in [0.1, 0.15) is 11.5 Å². The Labute approximate surface area is 244 Å². The molecule has 9 nitrogen and oxygen atoms in total. The number of H-pyrrole nitrogens is 1. The molecule has 1 aromatic carbocycles. The minimum Gasteiger partial charge on any atom is -0.478 e. The van der Waals surface area contributed by atoms with Crippen LogP contribution in [0, 0.1) is 0 Å². The van der Waals surface area contributed by atoms with Gasteiger partial charge in [-0.2, -0.15) is 0 Å². The third-order valence-corrected chi connectivity index (χ3v) is 7.13. The largest absolute Gasteiger partial charge is 0.478 e. The van der Waals surface area contributed by atoms with Crippen molar-refractivity contribution in [3.8, 4) is 11.1 Å². The Kier molecular flexibility index (Phi) is 9.19. The maximum absolute atomic E-state index is 13.6. The number of hydrazone groups is 1. The Balaban J connectivity index is 1.66. The van der Waals surface area contributed by atoms with Gasteiger partial charge < -0.3 is 14.7 Å². The first-order valence-electron chi connectivity index (χ1n) is 13.3. The number of imidazole rings is 1. The lowest BCUT2D eigenvalue weighted by atomic mass is 10.0. The molecular formula is C31H34ClN6O3+. The van der Waals surface area contributed by atoms with Gasteiger partial charge in [0.05, 0.1) is 17.9 Å². The number of nitrogens with zero attached hydrogens (tertiary/aromatic N) is 5. The fraction of sp³-hybridized carbons (Fsp3) is 0.258. The predicted octanol–water partition coefficient (Wildman–Crippen LogP) is 5.53. The molecular weight excluding hydrogens is 540 g/mol. The number of aliphatic imine (C=N–C) groups is 1. The van der Waals surface area contributed by atoms with Crippen molar-refractivity contribution in [3.63, 3.8) is 0 Å². The molecule has 0 amide bonds. The summed E-state index contributed by atoms with van der Waals surface area (Å²) < 4.78 is 3.61. The molecule has 3 heterocycles. The number of carboxylic acids is 1. The standard InChI is InChI=1S/C31H33ClN6O3/c1-6-14-36(5)37(19-33-4)27-12-10-23(32)17-25(27)22-15-24-11-13-28(38(24)29(39)16-22)30-34-18-26(35-30)20(2)8-7-9-21(3)31(40)41/h7-10,12,15-19,28H,2,5-6,11,13-14H2,1,3-4H3,(H-,34,35,40,41)/p+1. The van der Waals surface area contributed by atoms with Crippen molar-refractivity contribution in [1.82, 2.24) is 14.5 Å². The number of rotatable bonds is 11. The zero-order valence-electron chi connectivity index (χ0n) is 23.5. The molecule has 10 heteroatoms. The number of allylic oxidation sites excluding steroid dienone is 4. The first-order valence-corrected chi connectivity index (χ1v) is 13.7. The van der Waals surface area contributed by atoms with Gasteiger partial charge in [0.25, 0.3) is 5.56 Å². The summed E-state index contributed by atoms with van der Waals surface area (Å²) in [6.45, 7) is 12.5. The lowest BCUT2D eigenvalue weighted by Crippen LogP contribution is -2.34. The topological polar surface area (TPSA) is 107 Å². The number of carbonyl (C=O) groups is 1. The van der Waals surface area contributed by atoms with E-state index in [1.54, 1.807) is 42.4 Å². The fourth-order valence-corrected chi connectivity index (χ4v) is 5.02. The number of aromatic nitrogens is 3. The molecule has 1 unspecified atom stereocenters. The van der Waals surface area contributed by atoms with Crippen LogP contribution in [-0.4, -0.2) is 56.9 Å². The van der Waals surface area contributed by atoms with Gasteiger partial charge in [0.2, 0.25) is 0 Å². The maximum atomic E-state index is 13.6. The van der Waals surface area contributed by atoms with E-state index in [1.165, 1.54) is 13.0 Å². The molecule has 0 fully saturated rings. The Hall–Kier alpha value is -4.50. The molecule has 41 heavy (non-hydrogen) atoms. The number of benzene rings is 1. The predicted molar refractivity (Wildman–Crippen MR) is 165 cm³/mol. The molecule has 212 valence electrons. The highest BCUT2D eigenvalue weighted by molar-refractivity contribution is 6.31. The minimum absolute atomic E-state index is 0.132. The van der Waals surface area contributed by atoms with E-state index in [-0.39, 0.29) is 17.2 Å². The van der Waals surface area contributed by atoms with E-state index in [1.807, 2.05) is 34.0 Å². The van der Waals surface area contributed by atoms with Gasteiger partial charge in [-0.15, -0.1) is 9.69 Å². The van der Waals surface area contributed by atoms with Gasteiger partial charge in [0.15, 0.2) is 19.6 Å². The second-order valence-corrected chi connectivity index (χ2v) is 10.3. The number of carboxylic acid groups (broad SMARTS) is 1. The number of aliphatic carboxylic acids is 1. The lowest BCUT2D eigenvalue weighted by molar-refractivity contribution is -0.518. The smallest absolute Gasteiger partial charge is 0.331 e. The molecule has 0 radical (unpaired) electrons. The number of halogens is 1. The van der Waals surface area contributed by atoms with Gasteiger partial charge in [-0.25, -0.2) is 9.78 Å². The van der Waals surface area contributed by atoms with Crippen LogP contribution in [0.5, 0.6) is 0 Å². The Morgan fingerprint density at radius 1 is 1.37 bits per heavy atom. The van der Waals surface area contributed by atoms with Gasteiger partial charge in [-0.3, -0.25) is 9.79 Å². The zero-order chi connectivity index (χ0) is 29.7. The van der Waals surface area contributed by atoms with Crippen molar-refractivity contribution in [2.45, 2.75) is 39.2 Å². The van der Waals surface area contributed by atoms with Crippen LogP contribution >= 0.6 is 11.6 Å². The third-order valence-electron chi connectivity index (χ3n) is 6.90.